The molecule has 1 fully saturated rings. The molecule has 0 aromatic heterocycles. The van der Waals surface area contributed by atoms with E-state index in [0.717, 1.165) is 18.2 Å². The molecule has 10 heteroatoms. The molecule has 3 N–H and O–H groups in total. The fraction of sp³-hybridized carbons (Fsp3) is 0.182. The average Bonchev–Trinajstić information content (AvgIpc) is 2.37. The molecule has 0 spiro atoms. The van der Waals surface area contributed by atoms with E-state index in [-0.39, 0.29) is 15.4 Å². The van der Waals surface area contributed by atoms with Gasteiger partial charge in [-0.15, -0.1) is 0 Å². The standard InChI is InChI=1S/C11H10FN3O4S2/c12-8-2-1-6(3-7(8)11(13)20)21(18,19)15-4-9(16)14-10(17)5-15/h1-3H,4-5H2,(H2,13,20)(H,14,16,17). The minimum atomic E-state index is -4.13. The van der Waals surface area contributed by atoms with E-state index in [0.29, 0.717) is 4.31 Å². The van der Waals surface area contributed by atoms with E-state index in [4.69, 9.17) is 5.73 Å². The number of halogens is 1. The molecule has 0 aliphatic carbocycles. The van der Waals surface area contributed by atoms with E-state index >= 15 is 0 Å². The van der Waals surface area contributed by atoms with Gasteiger partial charge in [-0.1, -0.05) is 12.2 Å². The van der Waals surface area contributed by atoms with E-state index in [1.165, 1.54) is 0 Å². The normalized spacial score (nSPS) is 16.6. The Hall–Kier alpha value is -1.91. The molecule has 21 heavy (non-hydrogen) atoms. The number of nitrogens with two attached hydrogens (primary N) is 1. The van der Waals surface area contributed by atoms with E-state index in [1.54, 1.807) is 0 Å². The van der Waals surface area contributed by atoms with Crippen molar-refractivity contribution in [2.45, 2.75) is 4.90 Å². The van der Waals surface area contributed by atoms with E-state index in [9.17, 15) is 22.4 Å². The second kappa shape index (κ2) is 5.47. The highest BCUT2D eigenvalue weighted by atomic mass is 32.2. The van der Waals surface area contributed by atoms with Gasteiger partial charge in [0.15, 0.2) is 0 Å². The number of hydrogen-bond acceptors (Lipinski definition) is 5. The number of carbonyl (C=O) groups excluding carboxylic acids is 2. The summed E-state index contributed by atoms with van der Waals surface area (Å²) in [7, 11) is -4.13. The smallest absolute Gasteiger partial charge is 0.244 e. The predicted octanol–water partition coefficient (Wildman–Crippen LogP) is -0.893. The zero-order chi connectivity index (χ0) is 15.8. The Morgan fingerprint density at radius 3 is 2.38 bits per heavy atom. The minimum absolute atomic E-state index is 0.223. The van der Waals surface area contributed by atoms with Crippen LogP contribution in [-0.2, 0) is 19.6 Å². The lowest BCUT2D eigenvalue weighted by atomic mass is 10.2. The third kappa shape index (κ3) is 3.06. The monoisotopic (exact) mass is 331 g/mol. The number of rotatable bonds is 3. The molecule has 0 atom stereocenters. The fourth-order valence-electron chi connectivity index (χ4n) is 1.78. The van der Waals surface area contributed by atoms with Crippen LogP contribution in [0.4, 0.5) is 4.39 Å². The van der Waals surface area contributed by atoms with Gasteiger partial charge in [-0.25, -0.2) is 12.8 Å². The van der Waals surface area contributed by atoms with E-state index in [1.807, 2.05) is 5.32 Å². The van der Waals surface area contributed by atoms with Crippen molar-refractivity contribution in [3.8, 4) is 0 Å². The first-order valence-electron chi connectivity index (χ1n) is 5.64. The van der Waals surface area contributed by atoms with Gasteiger partial charge in [0, 0.05) is 5.56 Å². The van der Waals surface area contributed by atoms with Crippen molar-refractivity contribution in [2.24, 2.45) is 5.73 Å². The van der Waals surface area contributed by atoms with Gasteiger partial charge in [-0.3, -0.25) is 14.9 Å². The second-order valence-electron chi connectivity index (χ2n) is 4.25. The third-order valence-electron chi connectivity index (χ3n) is 2.76. The van der Waals surface area contributed by atoms with Crippen LogP contribution in [0.2, 0.25) is 0 Å². The summed E-state index contributed by atoms with van der Waals surface area (Å²) in [5, 5.41) is 1.99. The Morgan fingerprint density at radius 1 is 1.29 bits per heavy atom. The number of piperazine rings is 1. The zero-order valence-corrected chi connectivity index (χ0v) is 12.1. The first kappa shape index (κ1) is 15.5. The lowest BCUT2D eigenvalue weighted by Crippen LogP contribution is -2.53. The number of benzene rings is 1. The highest BCUT2D eigenvalue weighted by molar-refractivity contribution is 7.89. The molecule has 1 aromatic carbocycles. The molecule has 0 radical (unpaired) electrons. The van der Waals surface area contributed by atoms with Crippen LogP contribution in [0, 0.1) is 5.82 Å². The van der Waals surface area contributed by atoms with Gasteiger partial charge in [-0.2, -0.15) is 4.31 Å². The maximum Gasteiger partial charge on any atom is 0.244 e. The molecule has 1 heterocycles. The Bertz CT molecular complexity index is 732. The van der Waals surface area contributed by atoms with Crippen LogP contribution in [0.3, 0.4) is 0 Å². The van der Waals surface area contributed by atoms with E-state index < -0.39 is 40.7 Å². The van der Waals surface area contributed by atoms with Crippen LogP contribution < -0.4 is 11.1 Å². The summed E-state index contributed by atoms with van der Waals surface area (Å²) in [5.41, 5.74) is 5.09. The molecule has 1 aliphatic rings. The summed E-state index contributed by atoms with van der Waals surface area (Å²) in [6.45, 7) is -0.984. The van der Waals surface area contributed by atoms with E-state index in [2.05, 4.69) is 12.2 Å². The highest BCUT2D eigenvalue weighted by Gasteiger charge is 2.33. The fourth-order valence-corrected chi connectivity index (χ4v) is 3.32. The summed E-state index contributed by atoms with van der Waals surface area (Å²) in [6.07, 6.45) is 0. The average molecular weight is 331 g/mol. The summed E-state index contributed by atoms with van der Waals surface area (Å²) >= 11 is 4.64. The van der Waals surface area contributed by atoms with Crippen LogP contribution >= 0.6 is 12.2 Å². The van der Waals surface area contributed by atoms with Crippen LogP contribution in [-0.4, -0.2) is 42.6 Å². The van der Waals surface area contributed by atoms with Gasteiger partial charge >= 0.3 is 0 Å². The summed E-state index contributed by atoms with van der Waals surface area (Å²) in [4.78, 5) is 21.9. The van der Waals surface area contributed by atoms with Gasteiger partial charge in [0.1, 0.15) is 10.8 Å². The maximum atomic E-state index is 13.5. The summed E-state index contributed by atoms with van der Waals surface area (Å²) < 4.78 is 38.9. The maximum absolute atomic E-state index is 13.5. The van der Waals surface area contributed by atoms with Gasteiger partial charge < -0.3 is 5.73 Å². The number of thiocarbonyl (C=S) groups is 1. The molecule has 0 bridgehead atoms. The second-order valence-corrected chi connectivity index (χ2v) is 6.63. The molecule has 1 aliphatic heterocycles. The Kier molecular flexibility index (Phi) is 4.03. The quantitative estimate of drug-likeness (QED) is 0.549. The Balaban J connectivity index is 2.44. The Labute approximate surface area is 125 Å². The van der Waals surface area contributed by atoms with Crippen molar-refractivity contribution in [3.05, 3.63) is 29.6 Å². The van der Waals surface area contributed by atoms with Crippen molar-refractivity contribution in [1.82, 2.24) is 9.62 Å². The zero-order valence-electron chi connectivity index (χ0n) is 10.5. The molecule has 2 rings (SSSR count). The van der Waals surface area contributed by atoms with Crippen molar-refractivity contribution >= 4 is 39.0 Å². The van der Waals surface area contributed by atoms with Gasteiger partial charge in [0.25, 0.3) is 0 Å². The molecule has 1 saturated heterocycles. The highest BCUT2D eigenvalue weighted by Crippen LogP contribution is 2.20. The first-order chi connectivity index (χ1) is 9.71. The van der Waals surface area contributed by atoms with Crippen LogP contribution in [0.1, 0.15) is 5.56 Å². The molecule has 7 nitrogen and oxygen atoms in total. The first-order valence-corrected chi connectivity index (χ1v) is 7.49. The third-order valence-corrected chi connectivity index (χ3v) is 4.77. The number of carbonyl (C=O) groups is 2. The van der Waals surface area contributed by atoms with Crippen LogP contribution in [0.15, 0.2) is 23.1 Å². The van der Waals surface area contributed by atoms with Gasteiger partial charge in [-0.05, 0) is 18.2 Å². The molecular weight excluding hydrogens is 321 g/mol. The number of amides is 2. The molecule has 0 saturated carbocycles. The lowest BCUT2D eigenvalue weighted by Gasteiger charge is -2.24. The van der Waals surface area contributed by atoms with Crippen molar-refractivity contribution < 1.29 is 22.4 Å². The molecule has 0 unspecified atom stereocenters. The minimum Gasteiger partial charge on any atom is -0.389 e. The molecule has 1 aromatic rings. The van der Waals surface area contributed by atoms with Crippen LogP contribution in [0.25, 0.3) is 0 Å². The largest absolute Gasteiger partial charge is 0.389 e. The lowest BCUT2D eigenvalue weighted by molar-refractivity contribution is -0.134. The van der Waals surface area contributed by atoms with Crippen molar-refractivity contribution in [2.75, 3.05) is 13.1 Å². The summed E-state index contributed by atoms with van der Waals surface area (Å²) in [6, 6.07) is 2.90. The van der Waals surface area contributed by atoms with Crippen molar-refractivity contribution in [3.63, 3.8) is 0 Å². The topological polar surface area (TPSA) is 110 Å². The number of imide groups is 1. The predicted molar refractivity (Wildman–Crippen MR) is 74.2 cm³/mol. The number of nitrogens with one attached hydrogen (secondary N) is 1. The SMILES string of the molecule is NC(=S)c1cc(S(=O)(=O)N2CC(=O)NC(=O)C2)ccc1F. The molecule has 2 amide bonds. The Morgan fingerprint density at radius 2 is 1.86 bits per heavy atom. The summed E-state index contributed by atoms with van der Waals surface area (Å²) in [5.74, 6) is -2.22. The van der Waals surface area contributed by atoms with Gasteiger partial charge in [0.2, 0.25) is 21.8 Å². The van der Waals surface area contributed by atoms with Gasteiger partial charge in [0.05, 0.1) is 18.0 Å². The number of hydrogen-bond donors (Lipinski definition) is 2. The number of nitrogens with zero attached hydrogens (tertiary/aromatic N) is 1. The molecular formula is C11H10FN3O4S2. The van der Waals surface area contributed by atoms with Crippen molar-refractivity contribution in [1.29, 1.82) is 0 Å². The number of sulfonamides is 1. The van der Waals surface area contributed by atoms with Crippen LogP contribution in [0.5, 0.6) is 0 Å². The molecule has 112 valence electrons.